The standard InChI is InChI=1S/C13H21N3O2S/c1-17-8-3-6-16(7-9-18-2)12-5-4-11(10-15-12)13(14)19/h4-5,10H,3,6-9H2,1-2H3,(H2,14,19). The van der Waals surface area contributed by atoms with Gasteiger partial charge in [0, 0.05) is 45.7 Å². The SMILES string of the molecule is COCCCN(CCOC)c1ccc(C(N)=S)cn1. The Hall–Kier alpha value is -1.24. The van der Waals surface area contributed by atoms with E-state index < -0.39 is 0 Å². The van der Waals surface area contributed by atoms with Gasteiger partial charge in [-0.25, -0.2) is 4.98 Å². The highest BCUT2D eigenvalue weighted by Gasteiger charge is 2.08. The van der Waals surface area contributed by atoms with Gasteiger partial charge in [0.1, 0.15) is 10.8 Å². The van der Waals surface area contributed by atoms with Gasteiger partial charge in [-0.05, 0) is 18.6 Å². The fourth-order valence-corrected chi connectivity index (χ4v) is 1.78. The molecule has 5 nitrogen and oxygen atoms in total. The maximum Gasteiger partial charge on any atom is 0.128 e. The molecule has 19 heavy (non-hydrogen) atoms. The number of anilines is 1. The Labute approximate surface area is 119 Å². The number of pyridine rings is 1. The number of hydrogen-bond acceptors (Lipinski definition) is 5. The Balaban J connectivity index is 2.68. The van der Waals surface area contributed by atoms with Gasteiger partial charge in [0.15, 0.2) is 0 Å². The van der Waals surface area contributed by atoms with Crippen LogP contribution in [0.2, 0.25) is 0 Å². The van der Waals surface area contributed by atoms with Crippen LogP contribution in [0.4, 0.5) is 5.82 Å². The van der Waals surface area contributed by atoms with Crippen molar-refractivity contribution in [1.82, 2.24) is 4.98 Å². The second-order valence-corrected chi connectivity index (χ2v) is 4.54. The van der Waals surface area contributed by atoms with Gasteiger partial charge in [0.05, 0.1) is 6.61 Å². The monoisotopic (exact) mass is 283 g/mol. The summed E-state index contributed by atoms with van der Waals surface area (Å²) in [6.07, 6.45) is 2.65. The number of nitrogens with two attached hydrogens (primary N) is 1. The topological polar surface area (TPSA) is 60.6 Å². The van der Waals surface area contributed by atoms with Crippen molar-refractivity contribution in [3.8, 4) is 0 Å². The number of methoxy groups -OCH3 is 2. The lowest BCUT2D eigenvalue weighted by molar-refractivity contribution is 0.191. The van der Waals surface area contributed by atoms with E-state index >= 15 is 0 Å². The fraction of sp³-hybridized carbons (Fsp3) is 0.538. The minimum atomic E-state index is 0.363. The Bertz CT molecular complexity index is 384. The van der Waals surface area contributed by atoms with E-state index in [1.807, 2.05) is 12.1 Å². The minimum absolute atomic E-state index is 0.363. The zero-order valence-electron chi connectivity index (χ0n) is 11.5. The van der Waals surface area contributed by atoms with Gasteiger partial charge in [-0.2, -0.15) is 0 Å². The van der Waals surface area contributed by atoms with Crippen LogP contribution in [0, 0.1) is 0 Å². The highest BCUT2D eigenvalue weighted by molar-refractivity contribution is 7.80. The largest absolute Gasteiger partial charge is 0.389 e. The second-order valence-electron chi connectivity index (χ2n) is 4.10. The second kappa shape index (κ2) is 8.79. The number of ether oxygens (including phenoxy) is 2. The molecule has 0 aliphatic rings. The maximum absolute atomic E-state index is 5.56. The first-order chi connectivity index (χ1) is 9.19. The molecule has 0 spiro atoms. The molecule has 0 aliphatic heterocycles. The van der Waals surface area contributed by atoms with Crippen molar-refractivity contribution < 1.29 is 9.47 Å². The zero-order chi connectivity index (χ0) is 14.1. The van der Waals surface area contributed by atoms with Gasteiger partial charge in [0.25, 0.3) is 0 Å². The van der Waals surface area contributed by atoms with E-state index in [0.717, 1.165) is 37.5 Å². The summed E-state index contributed by atoms with van der Waals surface area (Å²) in [4.78, 5) is 6.92. The number of rotatable bonds is 9. The molecule has 1 heterocycles. The smallest absolute Gasteiger partial charge is 0.128 e. The third-order valence-corrected chi connectivity index (χ3v) is 2.93. The molecule has 1 rings (SSSR count). The first-order valence-corrected chi connectivity index (χ1v) is 6.58. The van der Waals surface area contributed by atoms with E-state index in [4.69, 9.17) is 27.4 Å². The Morgan fingerprint density at radius 2 is 2.00 bits per heavy atom. The van der Waals surface area contributed by atoms with Gasteiger partial charge in [-0.15, -0.1) is 0 Å². The van der Waals surface area contributed by atoms with Crippen LogP contribution in [0.5, 0.6) is 0 Å². The Morgan fingerprint density at radius 3 is 2.53 bits per heavy atom. The first-order valence-electron chi connectivity index (χ1n) is 6.17. The third-order valence-electron chi connectivity index (χ3n) is 2.70. The molecule has 6 heteroatoms. The average Bonchev–Trinajstić information content (AvgIpc) is 2.43. The maximum atomic E-state index is 5.56. The molecule has 0 amide bonds. The summed E-state index contributed by atoms with van der Waals surface area (Å²) in [5, 5.41) is 0. The molecule has 0 unspecified atom stereocenters. The average molecular weight is 283 g/mol. The van der Waals surface area contributed by atoms with Crippen molar-refractivity contribution in [2.24, 2.45) is 5.73 Å². The van der Waals surface area contributed by atoms with Crippen molar-refractivity contribution >= 4 is 23.0 Å². The van der Waals surface area contributed by atoms with Crippen LogP contribution in [0.3, 0.4) is 0 Å². The summed E-state index contributed by atoms with van der Waals surface area (Å²) >= 11 is 4.91. The molecule has 106 valence electrons. The van der Waals surface area contributed by atoms with Crippen molar-refractivity contribution in [2.45, 2.75) is 6.42 Å². The summed E-state index contributed by atoms with van der Waals surface area (Å²) in [5.41, 5.74) is 6.34. The van der Waals surface area contributed by atoms with Gasteiger partial charge in [-0.3, -0.25) is 0 Å². The first kappa shape index (κ1) is 15.8. The molecule has 2 N–H and O–H groups in total. The number of thiocarbonyl (C=S) groups is 1. The van der Waals surface area contributed by atoms with Gasteiger partial charge in [0.2, 0.25) is 0 Å². The molecule has 0 bridgehead atoms. The summed E-state index contributed by atoms with van der Waals surface area (Å²) in [5.74, 6) is 0.896. The summed E-state index contributed by atoms with van der Waals surface area (Å²) in [6, 6.07) is 3.82. The molecular formula is C13H21N3O2S. The Kier molecular flexibility index (Phi) is 7.32. The highest BCUT2D eigenvalue weighted by Crippen LogP contribution is 2.12. The summed E-state index contributed by atoms with van der Waals surface area (Å²) < 4.78 is 10.2. The molecule has 0 radical (unpaired) electrons. The van der Waals surface area contributed by atoms with Crippen LogP contribution < -0.4 is 10.6 Å². The molecule has 1 aromatic rings. The molecule has 0 aromatic carbocycles. The quantitative estimate of drug-likeness (QED) is 0.543. The number of hydrogen-bond donors (Lipinski definition) is 1. The van der Waals surface area contributed by atoms with Crippen LogP contribution in [0.1, 0.15) is 12.0 Å². The van der Waals surface area contributed by atoms with E-state index in [9.17, 15) is 0 Å². The van der Waals surface area contributed by atoms with Crippen LogP contribution in [-0.2, 0) is 9.47 Å². The zero-order valence-corrected chi connectivity index (χ0v) is 12.3. The lowest BCUT2D eigenvalue weighted by Gasteiger charge is -2.23. The fourth-order valence-electron chi connectivity index (χ4n) is 1.66. The summed E-state index contributed by atoms with van der Waals surface area (Å²) in [6.45, 7) is 3.05. The van der Waals surface area contributed by atoms with Crippen LogP contribution in [0.25, 0.3) is 0 Å². The van der Waals surface area contributed by atoms with E-state index in [0.29, 0.717) is 11.6 Å². The van der Waals surface area contributed by atoms with Gasteiger partial charge >= 0.3 is 0 Å². The van der Waals surface area contributed by atoms with Crippen molar-refractivity contribution in [2.75, 3.05) is 45.4 Å². The van der Waals surface area contributed by atoms with Crippen LogP contribution >= 0.6 is 12.2 Å². The normalized spacial score (nSPS) is 10.4. The van der Waals surface area contributed by atoms with E-state index in [2.05, 4.69) is 9.88 Å². The molecule has 0 fully saturated rings. The molecule has 0 atom stereocenters. The molecule has 1 aromatic heterocycles. The lowest BCUT2D eigenvalue weighted by atomic mass is 10.2. The molecule has 0 aliphatic carbocycles. The van der Waals surface area contributed by atoms with E-state index in [-0.39, 0.29) is 0 Å². The molecule has 0 saturated carbocycles. The summed E-state index contributed by atoms with van der Waals surface area (Å²) in [7, 11) is 3.39. The van der Waals surface area contributed by atoms with Crippen LogP contribution in [-0.4, -0.2) is 50.5 Å². The highest BCUT2D eigenvalue weighted by atomic mass is 32.1. The molecular weight excluding hydrogens is 262 g/mol. The van der Waals surface area contributed by atoms with Gasteiger partial charge < -0.3 is 20.1 Å². The predicted octanol–water partition coefficient (Wildman–Crippen LogP) is 1.21. The van der Waals surface area contributed by atoms with Crippen molar-refractivity contribution in [3.63, 3.8) is 0 Å². The Morgan fingerprint density at radius 1 is 1.26 bits per heavy atom. The van der Waals surface area contributed by atoms with Crippen molar-refractivity contribution in [3.05, 3.63) is 23.9 Å². The van der Waals surface area contributed by atoms with Crippen LogP contribution in [0.15, 0.2) is 18.3 Å². The van der Waals surface area contributed by atoms with Crippen molar-refractivity contribution in [1.29, 1.82) is 0 Å². The number of nitrogens with zero attached hydrogens (tertiary/aromatic N) is 2. The molecule has 0 saturated heterocycles. The van der Waals surface area contributed by atoms with E-state index in [1.54, 1.807) is 20.4 Å². The van der Waals surface area contributed by atoms with Gasteiger partial charge in [-0.1, -0.05) is 12.2 Å². The predicted molar refractivity (Wildman–Crippen MR) is 80.7 cm³/mol. The number of aromatic nitrogens is 1. The lowest BCUT2D eigenvalue weighted by Crippen LogP contribution is -2.29. The third kappa shape index (κ3) is 5.50. The minimum Gasteiger partial charge on any atom is -0.389 e. The van der Waals surface area contributed by atoms with E-state index in [1.165, 1.54) is 0 Å².